The predicted octanol–water partition coefficient (Wildman–Crippen LogP) is 2.07. The molecule has 0 saturated carbocycles. The number of rotatable bonds is 2. The lowest BCUT2D eigenvalue weighted by Gasteiger charge is -2.19. The minimum Gasteiger partial charge on any atom is -0.497 e. The Hall–Kier alpha value is -1.28. The van der Waals surface area contributed by atoms with E-state index in [0.29, 0.717) is 6.54 Å². The van der Waals surface area contributed by atoms with E-state index in [1.165, 1.54) is 16.7 Å². The maximum absolute atomic E-state index is 5.53. The Morgan fingerprint density at radius 2 is 2.20 bits per heavy atom. The van der Waals surface area contributed by atoms with Crippen molar-refractivity contribution in [3.63, 3.8) is 0 Å². The highest BCUT2D eigenvalue weighted by molar-refractivity contribution is 5.40. The summed E-state index contributed by atoms with van der Waals surface area (Å²) >= 11 is 0. The second-order valence-electron chi connectivity index (χ2n) is 3.91. The number of ether oxygens (including phenoxy) is 1. The average Bonchev–Trinajstić information content (AvgIpc) is 2.28. The Labute approximate surface area is 90.7 Å². The second kappa shape index (κ2) is 4.49. The van der Waals surface area contributed by atoms with E-state index in [0.717, 1.165) is 25.0 Å². The summed E-state index contributed by atoms with van der Waals surface area (Å²) in [7, 11) is 1.71. The topological polar surface area (TPSA) is 35.2 Å². The number of fused-ring (bicyclic) bond motifs is 1. The maximum atomic E-state index is 5.53. The Morgan fingerprint density at radius 1 is 1.33 bits per heavy atom. The number of aryl methyl sites for hydroxylation is 1. The molecule has 1 aromatic rings. The monoisotopic (exact) mass is 203 g/mol. The molecule has 0 bridgehead atoms. The van der Waals surface area contributed by atoms with E-state index >= 15 is 0 Å². The van der Waals surface area contributed by atoms with Crippen molar-refractivity contribution < 1.29 is 4.74 Å². The first-order valence-corrected chi connectivity index (χ1v) is 5.37. The minimum atomic E-state index is 0.647. The maximum Gasteiger partial charge on any atom is 0.119 e. The number of methoxy groups -OCH3 is 1. The van der Waals surface area contributed by atoms with Crippen LogP contribution in [0.4, 0.5) is 0 Å². The molecule has 1 aliphatic carbocycles. The van der Waals surface area contributed by atoms with Gasteiger partial charge >= 0.3 is 0 Å². The summed E-state index contributed by atoms with van der Waals surface area (Å²) in [6, 6.07) is 6.35. The van der Waals surface area contributed by atoms with Gasteiger partial charge in [0.25, 0.3) is 0 Å². The predicted molar refractivity (Wildman–Crippen MR) is 62.2 cm³/mol. The highest BCUT2D eigenvalue weighted by Crippen LogP contribution is 2.27. The van der Waals surface area contributed by atoms with Gasteiger partial charge in [-0.15, -0.1) is 0 Å². The van der Waals surface area contributed by atoms with Crippen LogP contribution >= 0.6 is 0 Å². The summed E-state index contributed by atoms with van der Waals surface area (Å²) in [6.07, 6.45) is 5.45. The van der Waals surface area contributed by atoms with Crippen LogP contribution in [0.3, 0.4) is 0 Å². The third-order valence-corrected chi connectivity index (χ3v) is 2.95. The Morgan fingerprint density at radius 3 is 2.93 bits per heavy atom. The van der Waals surface area contributed by atoms with Crippen LogP contribution in [0.2, 0.25) is 0 Å². The van der Waals surface area contributed by atoms with Crippen LogP contribution in [-0.4, -0.2) is 13.7 Å². The molecular weight excluding hydrogens is 186 g/mol. The molecule has 2 heteroatoms. The molecule has 0 heterocycles. The Balaban J connectivity index is 2.27. The third-order valence-electron chi connectivity index (χ3n) is 2.95. The van der Waals surface area contributed by atoms with Gasteiger partial charge < -0.3 is 10.5 Å². The molecule has 0 fully saturated rings. The van der Waals surface area contributed by atoms with Gasteiger partial charge in [-0.25, -0.2) is 0 Å². The first kappa shape index (κ1) is 10.2. The fourth-order valence-electron chi connectivity index (χ4n) is 2.11. The largest absolute Gasteiger partial charge is 0.497 e. The molecule has 80 valence electrons. The molecule has 0 saturated heterocycles. The van der Waals surface area contributed by atoms with Crippen LogP contribution in [0, 0.1) is 0 Å². The zero-order valence-electron chi connectivity index (χ0n) is 9.12. The van der Waals surface area contributed by atoms with Crippen LogP contribution in [0.1, 0.15) is 17.5 Å². The van der Waals surface area contributed by atoms with Crippen LogP contribution in [0.25, 0.3) is 0 Å². The molecule has 2 nitrogen and oxygen atoms in total. The normalized spacial score (nSPS) is 17.6. The van der Waals surface area contributed by atoms with Crippen molar-refractivity contribution in [2.75, 3.05) is 13.7 Å². The van der Waals surface area contributed by atoms with Crippen molar-refractivity contribution in [1.29, 1.82) is 0 Å². The molecule has 0 radical (unpaired) electrons. The van der Waals surface area contributed by atoms with Gasteiger partial charge in [0.1, 0.15) is 5.75 Å². The third kappa shape index (κ3) is 2.21. The van der Waals surface area contributed by atoms with Crippen molar-refractivity contribution in [1.82, 2.24) is 0 Å². The summed E-state index contributed by atoms with van der Waals surface area (Å²) in [5.41, 5.74) is 9.83. The highest BCUT2D eigenvalue weighted by atomic mass is 16.5. The number of hydrogen-bond donors (Lipinski definition) is 1. The standard InChI is InChI=1S/C13H17NO/c1-15-13-5-4-11-3-2-10(6-7-14)8-12(11)9-13/h4-6,9H,2-3,7-8,14H2,1H3. The van der Waals surface area contributed by atoms with Gasteiger partial charge in [0, 0.05) is 6.54 Å². The molecule has 0 aromatic heterocycles. The van der Waals surface area contributed by atoms with Gasteiger partial charge in [0.2, 0.25) is 0 Å². The van der Waals surface area contributed by atoms with Gasteiger partial charge in [-0.05, 0) is 42.5 Å². The molecular formula is C13H17NO. The van der Waals surface area contributed by atoms with Gasteiger partial charge in [-0.3, -0.25) is 0 Å². The van der Waals surface area contributed by atoms with Crippen LogP contribution in [0.15, 0.2) is 29.8 Å². The molecule has 15 heavy (non-hydrogen) atoms. The summed E-state index contributed by atoms with van der Waals surface area (Å²) < 4.78 is 5.23. The lowest BCUT2D eigenvalue weighted by molar-refractivity contribution is 0.414. The number of benzene rings is 1. The molecule has 1 aliphatic rings. The van der Waals surface area contributed by atoms with Gasteiger partial charge in [-0.1, -0.05) is 17.7 Å². The molecule has 0 atom stereocenters. The van der Waals surface area contributed by atoms with Crippen LogP contribution in [-0.2, 0) is 12.8 Å². The Bertz CT molecular complexity index is 382. The smallest absolute Gasteiger partial charge is 0.119 e. The molecule has 0 amide bonds. The van der Waals surface area contributed by atoms with E-state index in [1.807, 2.05) is 6.07 Å². The van der Waals surface area contributed by atoms with Crippen molar-refractivity contribution in [3.8, 4) is 5.75 Å². The second-order valence-corrected chi connectivity index (χ2v) is 3.91. The molecule has 0 unspecified atom stereocenters. The zero-order valence-corrected chi connectivity index (χ0v) is 9.12. The quantitative estimate of drug-likeness (QED) is 0.747. The highest BCUT2D eigenvalue weighted by Gasteiger charge is 2.12. The van der Waals surface area contributed by atoms with E-state index in [9.17, 15) is 0 Å². The molecule has 0 aliphatic heterocycles. The van der Waals surface area contributed by atoms with Gasteiger partial charge in [0.15, 0.2) is 0 Å². The lowest BCUT2D eigenvalue weighted by atomic mass is 9.88. The van der Waals surface area contributed by atoms with E-state index < -0.39 is 0 Å². The van der Waals surface area contributed by atoms with Crippen molar-refractivity contribution in [2.24, 2.45) is 5.73 Å². The fourth-order valence-corrected chi connectivity index (χ4v) is 2.11. The van der Waals surface area contributed by atoms with Gasteiger partial charge in [-0.2, -0.15) is 0 Å². The summed E-state index contributed by atoms with van der Waals surface area (Å²) in [5, 5.41) is 0. The first-order chi connectivity index (χ1) is 7.33. The summed E-state index contributed by atoms with van der Waals surface area (Å²) in [5.74, 6) is 0.947. The zero-order chi connectivity index (χ0) is 10.7. The minimum absolute atomic E-state index is 0.647. The van der Waals surface area contributed by atoms with Gasteiger partial charge in [0.05, 0.1) is 7.11 Å². The average molecular weight is 203 g/mol. The molecule has 0 spiro atoms. The van der Waals surface area contributed by atoms with E-state index in [4.69, 9.17) is 10.5 Å². The Kier molecular flexibility index (Phi) is 3.07. The number of hydrogen-bond acceptors (Lipinski definition) is 2. The fraction of sp³-hybridized carbons (Fsp3) is 0.385. The number of nitrogens with two attached hydrogens (primary N) is 1. The van der Waals surface area contributed by atoms with Crippen LogP contribution in [0.5, 0.6) is 5.75 Å². The van der Waals surface area contributed by atoms with Crippen molar-refractivity contribution in [3.05, 3.63) is 41.0 Å². The van der Waals surface area contributed by atoms with Crippen molar-refractivity contribution in [2.45, 2.75) is 19.3 Å². The first-order valence-electron chi connectivity index (χ1n) is 5.37. The summed E-state index contributed by atoms with van der Waals surface area (Å²) in [6.45, 7) is 0.647. The van der Waals surface area contributed by atoms with E-state index in [1.54, 1.807) is 7.11 Å². The summed E-state index contributed by atoms with van der Waals surface area (Å²) in [4.78, 5) is 0. The number of allylic oxidation sites excluding steroid dienone is 1. The van der Waals surface area contributed by atoms with E-state index in [2.05, 4.69) is 18.2 Å². The van der Waals surface area contributed by atoms with Crippen LogP contribution < -0.4 is 10.5 Å². The molecule has 2 rings (SSSR count). The SMILES string of the molecule is COc1ccc2c(c1)CC(=CCN)CC2. The lowest BCUT2D eigenvalue weighted by Crippen LogP contribution is -2.07. The van der Waals surface area contributed by atoms with E-state index in [-0.39, 0.29) is 0 Å². The molecule has 1 aromatic carbocycles. The molecule has 2 N–H and O–H groups in total. The van der Waals surface area contributed by atoms with Crippen molar-refractivity contribution >= 4 is 0 Å².